The first-order valence-electron chi connectivity index (χ1n) is 8.04. The quantitative estimate of drug-likeness (QED) is 0.916. The average Bonchev–Trinajstić information content (AvgIpc) is 2.59. The van der Waals surface area contributed by atoms with Crippen LogP contribution in [-0.4, -0.2) is 53.7 Å². The number of carbonyl (C=O) groups is 1. The van der Waals surface area contributed by atoms with E-state index in [1.54, 1.807) is 0 Å². The molecule has 2 unspecified atom stereocenters. The van der Waals surface area contributed by atoms with E-state index in [2.05, 4.69) is 34.5 Å². The van der Waals surface area contributed by atoms with Gasteiger partial charge in [0.15, 0.2) is 0 Å². The summed E-state index contributed by atoms with van der Waals surface area (Å²) in [6.45, 7) is 4.83. The smallest absolute Gasteiger partial charge is 0.237 e. The molecule has 0 radical (unpaired) electrons. The van der Waals surface area contributed by atoms with E-state index in [1.165, 1.54) is 11.1 Å². The second-order valence-electron chi connectivity index (χ2n) is 5.88. The lowest BCUT2D eigenvalue weighted by Crippen LogP contribution is -2.48. The summed E-state index contributed by atoms with van der Waals surface area (Å²) in [4.78, 5) is 14.7. The average molecular weight is 337 g/mol. The third-order valence-corrected chi connectivity index (χ3v) is 6.73. The number of nitrogens with zero attached hydrogens (tertiary/aromatic N) is 1. The third-order valence-electron chi connectivity index (χ3n) is 4.53. The van der Waals surface area contributed by atoms with E-state index < -0.39 is 0 Å². The van der Waals surface area contributed by atoms with E-state index in [0.29, 0.717) is 5.25 Å². The standard InChI is InChI=1S/C17H24N2OS2/c1-13(19-7-10-21-11-8-19)17(20)18-12-16-15-5-3-2-4-14(15)6-9-22-16/h2-5,13,16H,6-12H2,1H3,(H,18,20). The SMILES string of the molecule is CC(C(=O)NCC1SCCc2ccccc21)N1CCSCC1. The Morgan fingerprint density at radius 3 is 2.91 bits per heavy atom. The number of nitrogens with one attached hydrogen (secondary N) is 1. The zero-order chi connectivity index (χ0) is 15.4. The van der Waals surface area contributed by atoms with Gasteiger partial charge in [-0.1, -0.05) is 24.3 Å². The van der Waals surface area contributed by atoms with Crippen molar-refractivity contribution in [2.75, 3.05) is 36.9 Å². The Morgan fingerprint density at radius 2 is 2.09 bits per heavy atom. The topological polar surface area (TPSA) is 32.3 Å². The van der Waals surface area contributed by atoms with Gasteiger partial charge < -0.3 is 5.32 Å². The molecule has 120 valence electrons. The van der Waals surface area contributed by atoms with Crippen LogP contribution in [-0.2, 0) is 11.2 Å². The van der Waals surface area contributed by atoms with E-state index >= 15 is 0 Å². The lowest BCUT2D eigenvalue weighted by Gasteiger charge is -2.32. The summed E-state index contributed by atoms with van der Waals surface area (Å²) in [6, 6.07) is 8.64. The molecule has 1 N–H and O–H groups in total. The van der Waals surface area contributed by atoms with Crippen molar-refractivity contribution in [3.8, 4) is 0 Å². The zero-order valence-electron chi connectivity index (χ0n) is 13.1. The monoisotopic (exact) mass is 336 g/mol. The van der Waals surface area contributed by atoms with Crippen molar-refractivity contribution >= 4 is 29.4 Å². The number of thioether (sulfide) groups is 2. The summed E-state index contributed by atoms with van der Waals surface area (Å²) in [6.07, 6.45) is 1.15. The molecule has 2 aliphatic rings. The van der Waals surface area contributed by atoms with E-state index in [9.17, 15) is 4.79 Å². The fourth-order valence-corrected chi connectivity index (χ4v) is 5.28. The normalized spacial score (nSPS) is 23.6. The van der Waals surface area contributed by atoms with Crippen LogP contribution in [0.5, 0.6) is 0 Å². The molecule has 5 heteroatoms. The Kier molecular flexibility index (Phi) is 5.71. The number of hydrogen-bond donors (Lipinski definition) is 1. The van der Waals surface area contributed by atoms with Gasteiger partial charge in [-0.15, -0.1) is 0 Å². The summed E-state index contributed by atoms with van der Waals surface area (Å²) in [5.74, 6) is 3.61. The minimum Gasteiger partial charge on any atom is -0.353 e. The molecule has 1 fully saturated rings. The number of benzene rings is 1. The molecule has 1 amide bonds. The molecule has 2 heterocycles. The fraction of sp³-hybridized carbons (Fsp3) is 0.588. The van der Waals surface area contributed by atoms with Crippen molar-refractivity contribution in [3.05, 3.63) is 35.4 Å². The molecule has 2 atom stereocenters. The molecule has 0 bridgehead atoms. The maximum absolute atomic E-state index is 12.4. The highest BCUT2D eigenvalue weighted by molar-refractivity contribution is 7.99. The Morgan fingerprint density at radius 1 is 1.32 bits per heavy atom. The lowest BCUT2D eigenvalue weighted by atomic mass is 10.0. The molecule has 0 saturated carbocycles. The van der Waals surface area contributed by atoms with E-state index in [-0.39, 0.29) is 11.9 Å². The summed E-state index contributed by atoms with van der Waals surface area (Å²) < 4.78 is 0. The molecule has 22 heavy (non-hydrogen) atoms. The minimum absolute atomic E-state index is 0.00951. The number of hydrogen-bond acceptors (Lipinski definition) is 4. The summed E-state index contributed by atoms with van der Waals surface area (Å²) in [5.41, 5.74) is 2.85. The van der Waals surface area contributed by atoms with Crippen molar-refractivity contribution in [1.82, 2.24) is 10.2 Å². The first-order valence-corrected chi connectivity index (χ1v) is 10.2. The highest BCUT2D eigenvalue weighted by atomic mass is 32.2. The molecule has 0 aromatic heterocycles. The van der Waals surface area contributed by atoms with Crippen LogP contribution in [0.4, 0.5) is 0 Å². The van der Waals surface area contributed by atoms with Crippen LogP contribution in [0.25, 0.3) is 0 Å². The molecule has 1 aromatic carbocycles. The molecular weight excluding hydrogens is 312 g/mol. The van der Waals surface area contributed by atoms with Crippen molar-refractivity contribution in [2.24, 2.45) is 0 Å². The minimum atomic E-state index is -0.00951. The van der Waals surface area contributed by atoms with E-state index in [0.717, 1.165) is 43.3 Å². The van der Waals surface area contributed by atoms with Gasteiger partial charge in [0, 0.05) is 36.4 Å². The van der Waals surface area contributed by atoms with Gasteiger partial charge in [-0.25, -0.2) is 0 Å². The van der Waals surface area contributed by atoms with Gasteiger partial charge in [0.05, 0.1) is 6.04 Å². The molecule has 0 spiro atoms. The van der Waals surface area contributed by atoms with Gasteiger partial charge in [-0.2, -0.15) is 23.5 Å². The van der Waals surface area contributed by atoms with E-state index in [4.69, 9.17) is 0 Å². The van der Waals surface area contributed by atoms with Crippen LogP contribution >= 0.6 is 23.5 Å². The predicted molar refractivity (Wildman–Crippen MR) is 96.7 cm³/mol. The molecular formula is C17H24N2OS2. The fourth-order valence-electron chi connectivity index (χ4n) is 3.12. The third kappa shape index (κ3) is 3.81. The van der Waals surface area contributed by atoms with Gasteiger partial charge in [0.25, 0.3) is 0 Å². The summed E-state index contributed by atoms with van der Waals surface area (Å²) >= 11 is 3.94. The van der Waals surface area contributed by atoms with Crippen molar-refractivity contribution in [3.63, 3.8) is 0 Å². The van der Waals surface area contributed by atoms with Gasteiger partial charge in [0.1, 0.15) is 0 Å². The van der Waals surface area contributed by atoms with Crippen LogP contribution in [0, 0.1) is 0 Å². The van der Waals surface area contributed by atoms with Crippen LogP contribution in [0.3, 0.4) is 0 Å². The number of rotatable bonds is 4. The Hall–Kier alpha value is -0.650. The number of aryl methyl sites for hydroxylation is 1. The van der Waals surface area contributed by atoms with Crippen molar-refractivity contribution in [2.45, 2.75) is 24.6 Å². The van der Waals surface area contributed by atoms with Gasteiger partial charge in [0.2, 0.25) is 5.91 Å². The Balaban J connectivity index is 1.55. The Bertz CT molecular complexity index is 517. The summed E-state index contributed by atoms with van der Waals surface area (Å²) in [7, 11) is 0. The lowest BCUT2D eigenvalue weighted by molar-refractivity contribution is -0.125. The first-order chi connectivity index (χ1) is 10.8. The first kappa shape index (κ1) is 16.2. The molecule has 3 rings (SSSR count). The second kappa shape index (κ2) is 7.75. The van der Waals surface area contributed by atoms with Crippen LogP contribution in [0.1, 0.15) is 23.3 Å². The van der Waals surface area contributed by atoms with Crippen LogP contribution in [0.2, 0.25) is 0 Å². The molecule has 1 saturated heterocycles. The molecule has 3 nitrogen and oxygen atoms in total. The van der Waals surface area contributed by atoms with Gasteiger partial charge >= 0.3 is 0 Å². The Labute approximate surface area is 141 Å². The van der Waals surface area contributed by atoms with Gasteiger partial charge in [-0.3, -0.25) is 9.69 Å². The second-order valence-corrected chi connectivity index (χ2v) is 8.41. The zero-order valence-corrected chi connectivity index (χ0v) is 14.7. The van der Waals surface area contributed by atoms with Gasteiger partial charge in [-0.05, 0) is 30.2 Å². The summed E-state index contributed by atoms with van der Waals surface area (Å²) in [5, 5.41) is 3.58. The van der Waals surface area contributed by atoms with Crippen LogP contribution < -0.4 is 5.32 Å². The van der Waals surface area contributed by atoms with Crippen molar-refractivity contribution < 1.29 is 4.79 Å². The van der Waals surface area contributed by atoms with Crippen LogP contribution in [0.15, 0.2) is 24.3 Å². The number of amides is 1. The predicted octanol–water partition coefficient (Wildman–Crippen LogP) is 2.57. The highest BCUT2D eigenvalue weighted by Gasteiger charge is 2.25. The molecule has 1 aromatic rings. The number of fused-ring (bicyclic) bond motifs is 1. The van der Waals surface area contributed by atoms with E-state index in [1.807, 2.05) is 30.4 Å². The largest absolute Gasteiger partial charge is 0.353 e. The maximum atomic E-state index is 12.4. The highest BCUT2D eigenvalue weighted by Crippen LogP contribution is 2.35. The number of carbonyl (C=O) groups excluding carboxylic acids is 1. The maximum Gasteiger partial charge on any atom is 0.237 e. The van der Waals surface area contributed by atoms with Crippen molar-refractivity contribution in [1.29, 1.82) is 0 Å². The molecule has 2 aliphatic heterocycles. The molecule has 0 aliphatic carbocycles.